The fourth-order valence-corrected chi connectivity index (χ4v) is 4.23. The molecule has 1 aliphatic carbocycles. The van der Waals surface area contributed by atoms with E-state index in [1.54, 1.807) is 11.1 Å². The molecule has 2 saturated heterocycles. The third-order valence-corrected chi connectivity index (χ3v) is 6.09. The molecule has 1 saturated carbocycles. The fourth-order valence-electron chi connectivity index (χ4n) is 4.23. The Bertz CT molecular complexity index is 612. The number of ether oxygens (including phenoxy) is 1. The number of nitrogens with zero attached hydrogens (tertiary/aromatic N) is 3. The molecule has 0 unspecified atom stereocenters. The molecule has 1 aromatic rings. The second-order valence-electron chi connectivity index (χ2n) is 7.80. The van der Waals surface area contributed by atoms with Crippen LogP contribution in [0.25, 0.3) is 0 Å². The molecule has 136 valence electrons. The Hall–Kier alpha value is -1.69. The van der Waals surface area contributed by atoms with Crippen molar-refractivity contribution in [2.45, 2.75) is 37.8 Å². The van der Waals surface area contributed by atoms with Gasteiger partial charge in [-0.25, -0.2) is 4.39 Å². The van der Waals surface area contributed by atoms with E-state index in [1.165, 1.54) is 0 Å². The molecule has 3 aliphatic rings. The minimum atomic E-state index is -1.58. The van der Waals surface area contributed by atoms with Crippen LogP contribution in [0.3, 0.4) is 0 Å². The van der Waals surface area contributed by atoms with Gasteiger partial charge in [-0.15, -0.1) is 0 Å². The standard InChI is InChI=1S/C19H26FN3O2/c20-19(4-2-5-19)17(24)22-9-6-18(7-10-22)14-23(11-12-25-15-18)16-3-1-8-21-13-16/h1,3,8,13H,2,4-7,9-12,14-15H2. The average molecular weight is 347 g/mol. The first-order chi connectivity index (χ1) is 12.1. The Balaban J connectivity index is 1.43. The summed E-state index contributed by atoms with van der Waals surface area (Å²) in [6.07, 6.45) is 7.02. The van der Waals surface area contributed by atoms with Crippen molar-refractivity contribution in [2.75, 3.05) is 44.3 Å². The number of hydrogen-bond acceptors (Lipinski definition) is 4. The smallest absolute Gasteiger partial charge is 0.260 e. The fraction of sp³-hybridized carbons (Fsp3) is 0.684. The lowest BCUT2D eigenvalue weighted by atomic mass is 9.76. The first kappa shape index (κ1) is 16.8. The largest absolute Gasteiger partial charge is 0.379 e. The molecule has 2 aliphatic heterocycles. The number of anilines is 1. The molecule has 0 atom stereocenters. The van der Waals surface area contributed by atoms with E-state index in [0.717, 1.165) is 38.0 Å². The van der Waals surface area contributed by atoms with Gasteiger partial charge in [0.1, 0.15) is 0 Å². The van der Waals surface area contributed by atoms with Crippen LogP contribution in [-0.2, 0) is 9.53 Å². The third-order valence-electron chi connectivity index (χ3n) is 6.09. The summed E-state index contributed by atoms with van der Waals surface area (Å²) < 4.78 is 20.3. The van der Waals surface area contributed by atoms with Gasteiger partial charge in [-0.05, 0) is 44.2 Å². The number of alkyl halides is 1. The Morgan fingerprint density at radius 1 is 1.20 bits per heavy atom. The molecule has 5 nitrogen and oxygen atoms in total. The number of pyridine rings is 1. The molecule has 1 amide bonds. The lowest BCUT2D eigenvalue weighted by Gasteiger charge is -2.45. The number of halogens is 1. The van der Waals surface area contributed by atoms with Crippen molar-refractivity contribution in [3.63, 3.8) is 0 Å². The first-order valence-electron chi connectivity index (χ1n) is 9.31. The SMILES string of the molecule is O=C(N1CCC2(CC1)COCCN(c1cccnc1)C2)C1(F)CCC1. The summed E-state index contributed by atoms with van der Waals surface area (Å²) in [5.74, 6) is -0.285. The lowest BCUT2D eigenvalue weighted by molar-refractivity contribution is -0.152. The van der Waals surface area contributed by atoms with Crippen LogP contribution in [0.4, 0.5) is 10.1 Å². The summed E-state index contributed by atoms with van der Waals surface area (Å²) >= 11 is 0. The van der Waals surface area contributed by atoms with Crippen LogP contribution in [0.5, 0.6) is 0 Å². The average Bonchev–Trinajstić information content (AvgIpc) is 2.83. The number of piperidine rings is 1. The van der Waals surface area contributed by atoms with Gasteiger partial charge in [-0.3, -0.25) is 9.78 Å². The van der Waals surface area contributed by atoms with Gasteiger partial charge in [0.2, 0.25) is 0 Å². The summed E-state index contributed by atoms with van der Waals surface area (Å²) in [5.41, 5.74) is -0.429. The third kappa shape index (κ3) is 3.24. The molecule has 3 heterocycles. The van der Waals surface area contributed by atoms with Gasteiger partial charge in [0.25, 0.3) is 5.91 Å². The molecule has 0 N–H and O–H groups in total. The highest BCUT2D eigenvalue weighted by molar-refractivity contribution is 5.86. The van der Waals surface area contributed by atoms with Gasteiger partial charge >= 0.3 is 0 Å². The summed E-state index contributed by atoms with van der Waals surface area (Å²) in [5, 5.41) is 0. The highest BCUT2D eigenvalue weighted by Crippen LogP contribution is 2.40. The van der Waals surface area contributed by atoms with Crippen LogP contribution in [-0.4, -0.2) is 60.9 Å². The quantitative estimate of drug-likeness (QED) is 0.824. The maximum Gasteiger partial charge on any atom is 0.260 e. The molecule has 25 heavy (non-hydrogen) atoms. The van der Waals surface area contributed by atoms with Crippen molar-refractivity contribution >= 4 is 11.6 Å². The Morgan fingerprint density at radius 3 is 2.64 bits per heavy atom. The number of likely N-dealkylation sites (tertiary alicyclic amines) is 1. The summed E-state index contributed by atoms with van der Waals surface area (Å²) in [7, 11) is 0. The van der Waals surface area contributed by atoms with Crippen molar-refractivity contribution in [2.24, 2.45) is 5.41 Å². The topological polar surface area (TPSA) is 45.7 Å². The zero-order chi connectivity index (χ0) is 17.3. The Morgan fingerprint density at radius 2 is 2.00 bits per heavy atom. The van der Waals surface area contributed by atoms with E-state index in [9.17, 15) is 9.18 Å². The van der Waals surface area contributed by atoms with E-state index in [1.807, 2.05) is 12.3 Å². The second-order valence-corrected chi connectivity index (χ2v) is 7.80. The molecular weight excluding hydrogens is 321 g/mol. The molecule has 4 rings (SSSR count). The molecular formula is C19H26FN3O2. The van der Waals surface area contributed by atoms with Crippen LogP contribution in [0.15, 0.2) is 24.5 Å². The molecule has 0 radical (unpaired) electrons. The van der Waals surface area contributed by atoms with Crippen LogP contribution in [0, 0.1) is 5.41 Å². The summed E-state index contributed by atoms with van der Waals surface area (Å²) in [6.45, 7) is 4.44. The normalized spacial score (nSPS) is 25.3. The monoisotopic (exact) mass is 347 g/mol. The van der Waals surface area contributed by atoms with E-state index in [4.69, 9.17) is 4.74 Å². The van der Waals surface area contributed by atoms with E-state index in [2.05, 4.69) is 16.0 Å². The number of rotatable bonds is 2. The van der Waals surface area contributed by atoms with Crippen LogP contribution in [0.1, 0.15) is 32.1 Å². The van der Waals surface area contributed by atoms with E-state index >= 15 is 0 Å². The van der Waals surface area contributed by atoms with Gasteiger partial charge in [0.15, 0.2) is 5.67 Å². The number of amides is 1. The summed E-state index contributed by atoms with van der Waals surface area (Å²) in [4.78, 5) is 20.7. The highest BCUT2D eigenvalue weighted by atomic mass is 19.1. The maximum absolute atomic E-state index is 14.4. The van der Waals surface area contributed by atoms with Crippen molar-refractivity contribution in [1.82, 2.24) is 9.88 Å². The molecule has 3 fully saturated rings. The first-order valence-corrected chi connectivity index (χ1v) is 9.31. The predicted molar refractivity (Wildman–Crippen MR) is 93.2 cm³/mol. The number of carbonyl (C=O) groups is 1. The van der Waals surface area contributed by atoms with Gasteiger partial charge in [-0.2, -0.15) is 0 Å². The minimum absolute atomic E-state index is 0.0339. The van der Waals surface area contributed by atoms with Crippen molar-refractivity contribution in [3.05, 3.63) is 24.5 Å². The van der Waals surface area contributed by atoms with E-state index in [-0.39, 0.29) is 11.3 Å². The Labute approximate surface area is 148 Å². The highest BCUT2D eigenvalue weighted by Gasteiger charge is 2.49. The van der Waals surface area contributed by atoms with Gasteiger partial charge in [0.05, 0.1) is 25.1 Å². The minimum Gasteiger partial charge on any atom is -0.379 e. The Kier molecular flexibility index (Phi) is 4.40. The zero-order valence-electron chi connectivity index (χ0n) is 14.6. The molecule has 1 spiro atoms. The van der Waals surface area contributed by atoms with Crippen molar-refractivity contribution in [1.29, 1.82) is 0 Å². The van der Waals surface area contributed by atoms with Gasteiger partial charge in [-0.1, -0.05) is 0 Å². The number of aromatic nitrogens is 1. The van der Waals surface area contributed by atoms with Gasteiger partial charge < -0.3 is 14.5 Å². The van der Waals surface area contributed by atoms with Crippen molar-refractivity contribution < 1.29 is 13.9 Å². The van der Waals surface area contributed by atoms with Crippen LogP contribution in [0.2, 0.25) is 0 Å². The molecule has 0 aromatic carbocycles. The van der Waals surface area contributed by atoms with Crippen LogP contribution >= 0.6 is 0 Å². The van der Waals surface area contributed by atoms with Gasteiger partial charge in [0, 0.05) is 37.8 Å². The number of carbonyl (C=O) groups excluding carboxylic acids is 1. The van der Waals surface area contributed by atoms with Crippen LogP contribution < -0.4 is 4.90 Å². The zero-order valence-corrected chi connectivity index (χ0v) is 14.6. The summed E-state index contributed by atoms with van der Waals surface area (Å²) in [6, 6.07) is 4.03. The number of hydrogen-bond donors (Lipinski definition) is 0. The van der Waals surface area contributed by atoms with E-state index < -0.39 is 5.67 Å². The van der Waals surface area contributed by atoms with E-state index in [0.29, 0.717) is 39.1 Å². The second kappa shape index (κ2) is 6.56. The molecule has 0 bridgehead atoms. The predicted octanol–water partition coefficient (Wildman–Crippen LogP) is 2.42. The maximum atomic E-state index is 14.4. The van der Waals surface area contributed by atoms with Crippen molar-refractivity contribution in [3.8, 4) is 0 Å². The molecule has 6 heteroatoms. The lowest BCUT2D eigenvalue weighted by Crippen LogP contribution is -2.55. The molecule has 1 aromatic heterocycles.